The molecule has 2 aromatic rings. The summed E-state index contributed by atoms with van der Waals surface area (Å²) < 4.78 is 0. The summed E-state index contributed by atoms with van der Waals surface area (Å²) in [5.74, 6) is 0.00639. The van der Waals surface area contributed by atoms with Gasteiger partial charge in [0.05, 0.1) is 11.4 Å². The number of aromatic carboxylic acids is 1. The molecule has 0 atom stereocenters. The van der Waals surface area contributed by atoms with Gasteiger partial charge in [-0.3, -0.25) is 0 Å². The average Bonchev–Trinajstić information content (AvgIpc) is 2.39. The Morgan fingerprint density at radius 1 is 1.26 bits per heavy atom. The summed E-state index contributed by atoms with van der Waals surface area (Å²) in [4.78, 5) is 20.5. The Morgan fingerprint density at radius 3 is 2.53 bits per heavy atom. The fourth-order valence-electron chi connectivity index (χ4n) is 1.82. The molecule has 0 aliphatic heterocycles. The summed E-state index contributed by atoms with van der Waals surface area (Å²) in [6, 6.07) is 7.75. The highest BCUT2D eigenvalue weighted by Gasteiger charge is 2.16. The molecule has 1 N–H and O–H groups in total. The van der Waals surface area contributed by atoms with Crippen LogP contribution in [-0.4, -0.2) is 26.8 Å². The van der Waals surface area contributed by atoms with E-state index in [0.29, 0.717) is 11.4 Å². The number of rotatable bonds is 4. The number of hydrogen-bond donors (Lipinski definition) is 1. The molecule has 0 unspecified atom stereocenters. The first-order valence-electron chi connectivity index (χ1n) is 5.91. The van der Waals surface area contributed by atoms with Crippen LogP contribution in [0.2, 0.25) is 0 Å². The van der Waals surface area contributed by atoms with Crippen LogP contribution in [0.25, 0.3) is 11.3 Å². The summed E-state index contributed by atoms with van der Waals surface area (Å²) in [5.41, 5.74) is 1.90. The van der Waals surface area contributed by atoms with Crippen molar-refractivity contribution in [3.63, 3.8) is 0 Å². The van der Waals surface area contributed by atoms with Crippen LogP contribution in [-0.2, 0) is 0 Å². The molecule has 0 fully saturated rings. The maximum atomic E-state index is 11.3. The lowest BCUT2D eigenvalue weighted by molar-refractivity contribution is 0.0696. The first kappa shape index (κ1) is 13.5. The highest BCUT2D eigenvalue weighted by atomic mass is 32.2. The number of aryl methyl sites for hydroxylation is 1. The zero-order chi connectivity index (χ0) is 13.8. The van der Waals surface area contributed by atoms with Crippen molar-refractivity contribution in [3.8, 4) is 11.3 Å². The minimum absolute atomic E-state index is 0.165. The van der Waals surface area contributed by atoms with Gasteiger partial charge in [0.25, 0.3) is 0 Å². The molecule has 2 rings (SSSR count). The smallest absolute Gasteiger partial charge is 0.339 e. The van der Waals surface area contributed by atoms with E-state index < -0.39 is 5.97 Å². The lowest BCUT2D eigenvalue weighted by atomic mass is 10.1. The molecule has 0 radical (unpaired) electrons. The van der Waals surface area contributed by atoms with Crippen molar-refractivity contribution < 1.29 is 9.90 Å². The number of thioether (sulfide) groups is 1. The summed E-state index contributed by atoms with van der Waals surface area (Å²) in [6.45, 7) is 3.77. The zero-order valence-electron chi connectivity index (χ0n) is 10.8. The second-order valence-corrected chi connectivity index (χ2v) is 5.28. The molecule has 0 spiro atoms. The standard InChI is InChI=1S/C14H14N2O2S/c1-3-19-11-6-4-10(5-7-11)13-12(14(17)18)9(2)15-8-16-13/h4-8H,3H2,1-2H3,(H,17,18). The molecule has 0 aliphatic carbocycles. The number of carbonyl (C=O) groups is 1. The van der Waals surface area contributed by atoms with Crippen LogP contribution in [0.1, 0.15) is 23.0 Å². The van der Waals surface area contributed by atoms with E-state index in [4.69, 9.17) is 0 Å². The molecule has 98 valence electrons. The van der Waals surface area contributed by atoms with Crippen molar-refractivity contribution >= 4 is 17.7 Å². The highest BCUT2D eigenvalue weighted by Crippen LogP contribution is 2.26. The Labute approximate surface area is 115 Å². The number of nitrogens with zero attached hydrogens (tertiary/aromatic N) is 2. The van der Waals surface area contributed by atoms with Gasteiger partial charge in [-0.1, -0.05) is 19.1 Å². The average molecular weight is 274 g/mol. The van der Waals surface area contributed by atoms with Crippen LogP contribution in [0.15, 0.2) is 35.5 Å². The number of carboxylic acids is 1. The molecule has 0 aliphatic rings. The van der Waals surface area contributed by atoms with Gasteiger partial charge in [-0.05, 0) is 24.8 Å². The molecule has 0 bridgehead atoms. The number of hydrogen-bond acceptors (Lipinski definition) is 4. The van der Waals surface area contributed by atoms with Crippen LogP contribution in [0.4, 0.5) is 0 Å². The molecular formula is C14H14N2O2S. The van der Waals surface area contributed by atoms with Crippen molar-refractivity contribution in [2.24, 2.45) is 0 Å². The third-order valence-electron chi connectivity index (χ3n) is 2.69. The van der Waals surface area contributed by atoms with E-state index in [-0.39, 0.29) is 5.56 Å². The maximum Gasteiger partial charge on any atom is 0.339 e. The van der Waals surface area contributed by atoms with Gasteiger partial charge in [0.1, 0.15) is 11.9 Å². The van der Waals surface area contributed by atoms with E-state index >= 15 is 0 Å². The van der Waals surface area contributed by atoms with Gasteiger partial charge < -0.3 is 5.11 Å². The number of aromatic nitrogens is 2. The fourth-order valence-corrected chi connectivity index (χ4v) is 2.49. The molecule has 1 heterocycles. The molecule has 0 amide bonds. The molecule has 19 heavy (non-hydrogen) atoms. The number of carboxylic acid groups (broad SMARTS) is 1. The Morgan fingerprint density at radius 2 is 1.95 bits per heavy atom. The van der Waals surface area contributed by atoms with Crippen LogP contribution in [0.5, 0.6) is 0 Å². The van der Waals surface area contributed by atoms with Crippen molar-refractivity contribution in [1.29, 1.82) is 0 Å². The van der Waals surface area contributed by atoms with E-state index in [1.165, 1.54) is 6.33 Å². The SMILES string of the molecule is CCSc1ccc(-c2ncnc(C)c2C(=O)O)cc1. The highest BCUT2D eigenvalue weighted by molar-refractivity contribution is 7.99. The lowest BCUT2D eigenvalue weighted by Gasteiger charge is -2.07. The topological polar surface area (TPSA) is 63.1 Å². The molecule has 0 saturated carbocycles. The Kier molecular flexibility index (Phi) is 4.16. The van der Waals surface area contributed by atoms with E-state index in [9.17, 15) is 9.90 Å². The van der Waals surface area contributed by atoms with Crippen LogP contribution < -0.4 is 0 Å². The van der Waals surface area contributed by atoms with Gasteiger partial charge in [0.15, 0.2) is 0 Å². The normalized spacial score (nSPS) is 10.4. The maximum absolute atomic E-state index is 11.3. The van der Waals surface area contributed by atoms with Gasteiger partial charge in [-0.2, -0.15) is 0 Å². The van der Waals surface area contributed by atoms with Crippen molar-refractivity contribution in [2.45, 2.75) is 18.7 Å². The Balaban J connectivity index is 2.47. The number of benzene rings is 1. The van der Waals surface area contributed by atoms with Crippen LogP contribution >= 0.6 is 11.8 Å². The lowest BCUT2D eigenvalue weighted by Crippen LogP contribution is -2.06. The van der Waals surface area contributed by atoms with E-state index in [1.54, 1.807) is 18.7 Å². The molecule has 0 saturated heterocycles. The molecule has 4 nitrogen and oxygen atoms in total. The predicted octanol–water partition coefficient (Wildman–Crippen LogP) is 3.26. The Hall–Kier alpha value is -1.88. The van der Waals surface area contributed by atoms with Crippen LogP contribution in [0, 0.1) is 6.92 Å². The van der Waals surface area contributed by atoms with Gasteiger partial charge in [-0.15, -0.1) is 11.8 Å². The third-order valence-corrected chi connectivity index (χ3v) is 3.58. The van der Waals surface area contributed by atoms with Gasteiger partial charge in [0, 0.05) is 10.5 Å². The van der Waals surface area contributed by atoms with Gasteiger partial charge in [-0.25, -0.2) is 14.8 Å². The molecular weight excluding hydrogens is 260 g/mol. The monoisotopic (exact) mass is 274 g/mol. The minimum atomic E-state index is -1.000. The largest absolute Gasteiger partial charge is 0.478 e. The zero-order valence-corrected chi connectivity index (χ0v) is 11.6. The van der Waals surface area contributed by atoms with Crippen molar-refractivity contribution in [2.75, 3.05) is 5.75 Å². The van der Waals surface area contributed by atoms with Gasteiger partial charge in [0.2, 0.25) is 0 Å². The Bertz CT molecular complexity index is 597. The quantitative estimate of drug-likeness (QED) is 0.867. The van der Waals surface area contributed by atoms with Crippen molar-refractivity contribution in [3.05, 3.63) is 41.9 Å². The minimum Gasteiger partial charge on any atom is -0.478 e. The van der Waals surface area contributed by atoms with Crippen LogP contribution in [0.3, 0.4) is 0 Å². The van der Waals surface area contributed by atoms with Crippen molar-refractivity contribution in [1.82, 2.24) is 9.97 Å². The summed E-state index contributed by atoms with van der Waals surface area (Å²) in [5, 5.41) is 9.26. The third kappa shape index (κ3) is 2.93. The van der Waals surface area contributed by atoms with E-state index in [1.807, 2.05) is 24.3 Å². The molecule has 5 heteroatoms. The fraction of sp³-hybridized carbons (Fsp3) is 0.214. The summed E-state index contributed by atoms with van der Waals surface area (Å²) in [7, 11) is 0. The van der Waals surface area contributed by atoms with E-state index in [2.05, 4.69) is 16.9 Å². The first-order chi connectivity index (χ1) is 9.13. The summed E-state index contributed by atoms with van der Waals surface area (Å²) in [6.07, 6.45) is 1.39. The first-order valence-corrected chi connectivity index (χ1v) is 6.90. The van der Waals surface area contributed by atoms with E-state index in [0.717, 1.165) is 16.2 Å². The molecule has 1 aromatic carbocycles. The molecule has 1 aromatic heterocycles. The second-order valence-electron chi connectivity index (χ2n) is 3.95. The van der Waals surface area contributed by atoms with Gasteiger partial charge >= 0.3 is 5.97 Å². The predicted molar refractivity (Wildman–Crippen MR) is 75.6 cm³/mol. The second kappa shape index (κ2) is 5.84. The summed E-state index contributed by atoms with van der Waals surface area (Å²) >= 11 is 1.74.